The first kappa shape index (κ1) is 46.9. The first-order valence-corrected chi connectivity index (χ1v) is 18.8. The maximum atomic E-state index is 5.31. The van der Waals surface area contributed by atoms with E-state index in [9.17, 15) is 0 Å². The molecule has 280 valence electrons. The highest BCUT2D eigenvalue weighted by Crippen LogP contribution is 2.45. The number of hydrazine groups is 1. The summed E-state index contributed by atoms with van der Waals surface area (Å²) in [6.07, 6.45) is 23.7. The summed E-state index contributed by atoms with van der Waals surface area (Å²) < 4.78 is 0. The van der Waals surface area contributed by atoms with Crippen LogP contribution >= 0.6 is 0 Å². The summed E-state index contributed by atoms with van der Waals surface area (Å²) >= 11 is 0. The highest BCUT2D eigenvalue weighted by molar-refractivity contribution is 5.92. The third kappa shape index (κ3) is 18.3. The third-order valence-electron chi connectivity index (χ3n) is 7.45. The Morgan fingerprint density at radius 1 is 0.827 bits per heavy atom. The number of aryl methyl sites for hydroxylation is 2. The van der Waals surface area contributed by atoms with Crippen LogP contribution in [0.3, 0.4) is 0 Å². The summed E-state index contributed by atoms with van der Waals surface area (Å²) in [5.74, 6) is 5.31. The second kappa shape index (κ2) is 28.6. The van der Waals surface area contributed by atoms with Crippen LogP contribution in [0.4, 0.5) is 17.1 Å². The number of hydrogen-bond donors (Lipinski definition) is 3. The van der Waals surface area contributed by atoms with Gasteiger partial charge >= 0.3 is 0 Å². The Balaban J connectivity index is 0.000000652. The number of nitrogens with zero attached hydrogens (tertiary/aromatic N) is 1. The molecule has 0 amide bonds. The molecule has 0 fully saturated rings. The monoisotopic (exact) mass is 701 g/mol. The van der Waals surface area contributed by atoms with Crippen LogP contribution < -0.4 is 21.5 Å². The molecule has 0 radical (unpaired) electrons. The highest BCUT2D eigenvalue weighted by Gasteiger charge is 2.23. The fourth-order valence-corrected chi connectivity index (χ4v) is 4.82. The normalized spacial score (nSPS) is 14.2. The molecule has 6 rings (SSSR count). The van der Waals surface area contributed by atoms with Crippen molar-refractivity contribution in [3.63, 3.8) is 0 Å². The summed E-state index contributed by atoms with van der Waals surface area (Å²) in [6, 6.07) is 23.0. The van der Waals surface area contributed by atoms with Crippen molar-refractivity contribution >= 4 is 17.1 Å². The standard InChI is InChI=1S/C13H14N2.C13H15N.C8H9N.C8H12.3C2H6/c1-10-3-2-4-12(9-10)11-5-7-13(15-14)8-6-11;1-11-7-5-6-10-14-13-9-4-2-3-8-12(11)13;1-6-3-4-7-8(5-6)9(7)2;1-4-5-6-7-8(2)3;3*1-2/h2-9,15H,14H2,1H3;2-3,5-7,10,14H,1,4,8-9H2;3-5H,1-2H3;4-7H,2H2,1,3H3;3*1-2H3/b;7-5-,10-6-;;5-4-,7-6-;;;. The van der Waals surface area contributed by atoms with Crippen molar-refractivity contribution < 1.29 is 0 Å². The Kier molecular flexibility index (Phi) is 25.8. The Bertz CT molecular complexity index is 1650. The minimum absolute atomic E-state index is 0.923. The van der Waals surface area contributed by atoms with Gasteiger partial charge in [-0.15, -0.1) is 0 Å². The molecule has 0 bridgehead atoms. The molecule has 3 aromatic carbocycles. The molecular formula is C48H68N4. The van der Waals surface area contributed by atoms with Crippen LogP contribution in [0.1, 0.15) is 85.8 Å². The molecule has 1 aliphatic carbocycles. The maximum Gasteiger partial charge on any atom is 0.0652 e. The molecule has 2 heterocycles. The van der Waals surface area contributed by atoms with Gasteiger partial charge in [-0.25, -0.2) is 0 Å². The molecule has 4 N–H and O–H groups in total. The van der Waals surface area contributed by atoms with Gasteiger partial charge in [0.25, 0.3) is 0 Å². The van der Waals surface area contributed by atoms with Crippen LogP contribution in [0.5, 0.6) is 0 Å². The lowest BCUT2D eigenvalue weighted by Gasteiger charge is -2.14. The first-order valence-electron chi connectivity index (χ1n) is 18.8. The van der Waals surface area contributed by atoms with E-state index < -0.39 is 0 Å². The van der Waals surface area contributed by atoms with E-state index in [4.69, 9.17) is 5.84 Å². The minimum atomic E-state index is 0.923. The quantitative estimate of drug-likeness (QED) is 0.0834. The first-order chi connectivity index (χ1) is 25.2. The van der Waals surface area contributed by atoms with Crippen LogP contribution in [-0.4, -0.2) is 7.05 Å². The second-order valence-electron chi connectivity index (χ2n) is 11.4. The number of hydrogen-bond acceptors (Lipinski definition) is 4. The maximum absolute atomic E-state index is 5.31. The largest absolute Gasteiger partial charge is 0.365 e. The van der Waals surface area contributed by atoms with E-state index in [0.29, 0.717) is 0 Å². The molecule has 3 aromatic rings. The molecule has 2 aliphatic heterocycles. The Morgan fingerprint density at radius 2 is 1.50 bits per heavy atom. The van der Waals surface area contributed by atoms with Crippen LogP contribution in [0.2, 0.25) is 0 Å². The molecule has 0 saturated carbocycles. The summed E-state index contributed by atoms with van der Waals surface area (Å²) in [5.41, 5.74) is 16.2. The molecule has 0 unspecified atom stereocenters. The Hall–Kier alpha value is -5.06. The summed E-state index contributed by atoms with van der Waals surface area (Å²) in [5, 5.41) is 3.34. The van der Waals surface area contributed by atoms with Crippen LogP contribution in [-0.2, 0) is 0 Å². The number of fused-ring (bicyclic) bond motifs is 1. The second-order valence-corrected chi connectivity index (χ2v) is 11.4. The zero-order chi connectivity index (χ0) is 39.3. The number of nitrogens with two attached hydrogens (primary N) is 1. The van der Waals surface area contributed by atoms with Gasteiger partial charge in [-0.2, -0.15) is 0 Å². The van der Waals surface area contributed by atoms with Gasteiger partial charge in [0.05, 0.1) is 11.4 Å². The number of anilines is 3. The minimum Gasteiger partial charge on any atom is -0.365 e. The van der Waals surface area contributed by atoms with Crippen molar-refractivity contribution in [1.29, 1.82) is 0 Å². The van der Waals surface area contributed by atoms with Gasteiger partial charge in [-0.1, -0.05) is 157 Å². The number of allylic oxidation sites excluding steroid dienone is 13. The number of benzene rings is 3. The molecule has 0 spiro atoms. The number of nitrogen functional groups attached to an aromatic ring is 1. The van der Waals surface area contributed by atoms with Gasteiger partial charge < -0.3 is 15.6 Å². The average Bonchev–Trinajstić information content (AvgIpc) is 3.88. The van der Waals surface area contributed by atoms with E-state index in [1.54, 1.807) is 0 Å². The van der Waals surface area contributed by atoms with E-state index >= 15 is 0 Å². The van der Waals surface area contributed by atoms with E-state index in [2.05, 4.69) is 123 Å². The lowest BCUT2D eigenvalue weighted by Crippen LogP contribution is -2.09. The van der Waals surface area contributed by atoms with E-state index in [0.717, 1.165) is 36.1 Å². The van der Waals surface area contributed by atoms with Gasteiger partial charge in [-0.05, 0) is 105 Å². The summed E-state index contributed by atoms with van der Waals surface area (Å²) in [7, 11) is 2.09. The molecule has 4 heteroatoms. The van der Waals surface area contributed by atoms with Crippen molar-refractivity contribution in [2.75, 3.05) is 17.4 Å². The van der Waals surface area contributed by atoms with Gasteiger partial charge in [0, 0.05) is 24.6 Å². The zero-order valence-corrected chi connectivity index (χ0v) is 34.2. The van der Waals surface area contributed by atoms with E-state index in [-0.39, 0.29) is 0 Å². The van der Waals surface area contributed by atoms with Gasteiger partial charge in [0.1, 0.15) is 0 Å². The van der Waals surface area contributed by atoms with Crippen molar-refractivity contribution in [3.05, 3.63) is 174 Å². The molecule has 52 heavy (non-hydrogen) atoms. The van der Waals surface area contributed by atoms with Crippen molar-refractivity contribution in [3.8, 4) is 11.1 Å². The molecule has 0 atom stereocenters. The topological polar surface area (TPSA) is 53.1 Å². The highest BCUT2D eigenvalue weighted by atomic mass is 15.2. The SMILES string of the molecule is C=C(C)/C=C\C=C/C.C=C1/C=C\C=C/NC2=C1CC=CCC2.CC.CC.CC.Cc1ccc2c(c1)N2C.Cc1cccc(-c2ccc(NN)cc2)c1. The fraction of sp³-hybridized carbons (Fsp3) is 0.292. The third-order valence-corrected chi connectivity index (χ3v) is 7.45. The Morgan fingerprint density at radius 3 is 2.08 bits per heavy atom. The van der Waals surface area contributed by atoms with Crippen LogP contribution in [0, 0.1) is 13.8 Å². The molecule has 0 saturated heterocycles. The molecule has 3 aliphatic rings. The van der Waals surface area contributed by atoms with Crippen molar-refractivity contribution in [2.45, 2.75) is 88.5 Å². The average molecular weight is 701 g/mol. The lowest BCUT2D eigenvalue weighted by molar-refractivity contribution is 0.869. The van der Waals surface area contributed by atoms with E-state index in [1.807, 2.05) is 110 Å². The van der Waals surface area contributed by atoms with Gasteiger partial charge in [-0.3, -0.25) is 5.84 Å². The zero-order valence-electron chi connectivity index (χ0n) is 34.2. The van der Waals surface area contributed by atoms with Crippen molar-refractivity contribution in [1.82, 2.24) is 5.32 Å². The number of nitrogens with one attached hydrogen (secondary N) is 2. The van der Waals surface area contributed by atoms with Crippen molar-refractivity contribution in [2.24, 2.45) is 5.84 Å². The fourth-order valence-electron chi connectivity index (χ4n) is 4.82. The summed E-state index contributed by atoms with van der Waals surface area (Å²) in [4.78, 5) is 2.19. The van der Waals surface area contributed by atoms with E-state index in [1.165, 1.54) is 44.9 Å². The predicted molar refractivity (Wildman–Crippen MR) is 237 cm³/mol. The molecule has 0 aromatic heterocycles. The Labute approximate surface area is 318 Å². The summed E-state index contributed by atoms with van der Waals surface area (Å²) in [6.45, 7) is 28.0. The number of rotatable bonds is 4. The van der Waals surface area contributed by atoms with Gasteiger partial charge in [0.2, 0.25) is 0 Å². The smallest absolute Gasteiger partial charge is 0.0652 e. The lowest BCUT2D eigenvalue weighted by atomic mass is 10.00. The predicted octanol–water partition coefficient (Wildman–Crippen LogP) is 14.0. The van der Waals surface area contributed by atoms with Gasteiger partial charge in [0.15, 0.2) is 0 Å². The van der Waals surface area contributed by atoms with Crippen LogP contribution in [0.25, 0.3) is 11.1 Å². The van der Waals surface area contributed by atoms with Crippen LogP contribution in [0.15, 0.2) is 163 Å². The molecular weight excluding hydrogens is 633 g/mol. The molecule has 4 nitrogen and oxygen atoms in total.